The lowest BCUT2D eigenvalue weighted by atomic mass is 10.1. The smallest absolute Gasteiger partial charge is 0.271 e. The molecule has 0 spiro atoms. The molecule has 0 aliphatic carbocycles. The zero-order chi connectivity index (χ0) is 22.0. The van der Waals surface area contributed by atoms with E-state index in [1.54, 1.807) is 12.1 Å². The van der Waals surface area contributed by atoms with Crippen molar-refractivity contribution >= 4 is 54.9 Å². The van der Waals surface area contributed by atoms with Crippen molar-refractivity contribution in [1.82, 2.24) is 4.72 Å². The van der Waals surface area contributed by atoms with Crippen molar-refractivity contribution in [3.05, 3.63) is 75.8 Å². The summed E-state index contributed by atoms with van der Waals surface area (Å²) in [6.07, 6.45) is 0.490. The van der Waals surface area contributed by atoms with Crippen LogP contribution in [-0.2, 0) is 10.0 Å². The number of nitrogens with one attached hydrogen (secondary N) is 2. The maximum atomic E-state index is 12.7. The fourth-order valence-electron chi connectivity index (χ4n) is 3.23. The summed E-state index contributed by atoms with van der Waals surface area (Å²) >= 11 is 6.03. The maximum Gasteiger partial charge on any atom is 0.271 e. The Morgan fingerprint density at radius 3 is 2.52 bits per heavy atom. The van der Waals surface area contributed by atoms with Crippen molar-refractivity contribution < 1.29 is 17.8 Å². The molecule has 0 saturated carbocycles. The Kier molecular flexibility index (Phi) is 5.81. The van der Waals surface area contributed by atoms with Gasteiger partial charge >= 0.3 is 0 Å². The predicted octanol–water partition coefficient (Wildman–Crippen LogP) is 4.93. The lowest BCUT2D eigenvalue weighted by Gasteiger charge is -2.09. The van der Waals surface area contributed by atoms with Gasteiger partial charge in [-0.05, 0) is 36.8 Å². The summed E-state index contributed by atoms with van der Waals surface area (Å²) in [6, 6.07) is 16.4. The average molecular weight is 460 g/mol. The monoisotopic (exact) mass is 459 g/mol. The zero-order valence-electron chi connectivity index (χ0n) is 16.2. The largest absolute Gasteiger partial charge is 0.456 e. The van der Waals surface area contributed by atoms with Crippen LogP contribution in [0.25, 0.3) is 21.9 Å². The molecule has 31 heavy (non-hydrogen) atoms. The number of furan rings is 1. The number of hydrogen-bond donors (Lipinski definition) is 2. The minimum atomic E-state index is -3.69. The molecule has 0 atom stereocenters. The predicted molar refractivity (Wildman–Crippen MR) is 120 cm³/mol. The van der Waals surface area contributed by atoms with Crippen molar-refractivity contribution in [2.75, 3.05) is 18.4 Å². The third kappa shape index (κ3) is 4.48. The summed E-state index contributed by atoms with van der Waals surface area (Å²) in [4.78, 5) is 10.4. The normalized spacial score (nSPS) is 11.8. The number of hydrogen-bond acceptors (Lipinski definition) is 6. The molecule has 0 saturated heterocycles. The van der Waals surface area contributed by atoms with Crippen LogP contribution in [0.5, 0.6) is 0 Å². The van der Waals surface area contributed by atoms with Gasteiger partial charge in [-0.2, -0.15) is 0 Å². The zero-order valence-corrected chi connectivity index (χ0v) is 17.7. The molecule has 1 aromatic heterocycles. The molecule has 0 unspecified atom stereocenters. The molecule has 4 aromatic rings. The first kappa shape index (κ1) is 21.1. The summed E-state index contributed by atoms with van der Waals surface area (Å²) < 4.78 is 33.7. The van der Waals surface area contributed by atoms with Crippen LogP contribution in [0.3, 0.4) is 0 Å². The third-order valence-electron chi connectivity index (χ3n) is 4.78. The number of nitro groups is 1. The summed E-state index contributed by atoms with van der Waals surface area (Å²) in [5, 5.41) is 15.6. The summed E-state index contributed by atoms with van der Waals surface area (Å²) in [6.45, 7) is 0.648. The maximum absolute atomic E-state index is 12.7. The number of rotatable bonds is 8. The molecule has 0 aliphatic rings. The summed E-state index contributed by atoms with van der Waals surface area (Å²) in [7, 11) is -3.69. The molecule has 2 N–H and O–H groups in total. The highest BCUT2D eigenvalue weighted by molar-refractivity contribution is 7.89. The van der Waals surface area contributed by atoms with E-state index in [0.29, 0.717) is 29.8 Å². The van der Waals surface area contributed by atoms with Crippen molar-refractivity contribution in [2.45, 2.75) is 11.3 Å². The third-order valence-corrected chi connectivity index (χ3v) is 6.55. The molecule has 3 aromatic carbocycles. The van der Waals surface area contributed by atoms with Gasteiger partial charge in [0.25, 0.3) is 5.69 Å². The van der Waals surface area contributed by atoms with E-state index in [1.165, 1.54) is 24.3 Å². The second-order valence-electron chi connectivity index (χ2n) is 6.86. The highest BCUT2D eigenvalue weighted by Crippen LogP contribution is 2.30. The van der Waals surface area contributed by atoms with E-state index < -0.39 is 14.9 Å². The van der Waals surface area contributed by atoms with Crippen LogP contribution in [0.15, 0.2) is 70.0 Å². The molecule has 8 nitrogen and oxygen atoms in total. The van der Waals surface area contributed by atoms with Crippen LogP contribution in [0.4, 0.5) is 11.4 Å². The second-order valence-corrected chi connectivity index (χ2v) is 9.03. The van der Waals surface area contributed by atoms with Gasteiger partial charge in [-0.3, -0.25) is 10.1 Å². The Hall–Kier alpha value is -3.14. The Morgan fingerprint density at radius 2 is 1.74 bits per heavy atom. The van der Waals surface area contributed by atoms with Gasteiger partial charge in [0.15, 0.2) is 0 Å². The van der Waals surface area contributed by atoms with Crippen LogP contribution in [-0.4, -0.2) is 26.4 Å². The van der Waals surface area contributed by atoms with Gasteiger partial charge in [0.1, 0.15) is 11.2 Å². The number of anilines is 1. The molecule has 0 fully saturated rings. The molecule has 160 valence electrons. The molecule has 10 heteroatoms. The highest BCUT2D eigenvalue weighted by atomic mass is 35.5. The number of nitrogens with zero attached hydrogens (tertiary/aromatic N) is 1. The number of nitro benzene ring substituents is 1. The van der Waals surface area contributed by atoms with Crippen LogP contribution in [0.1, 0.15) is 6.42 Å². The van der Waals surface area contributed by atoms with Crippen LogP contribution >= 0.6 is 11.6 Å². The minimum absolute atomic E-state index is 0.0920. The number of sulfonamides is 1. The number of halogens is 1. The first-order chi connectivity index (χ1) is 14.8. The van der Waals surface area contributed by atoms with E-state index in [0.717, 1.165) is 10.8 Å². The Labute approximate surface area is 183 Å². The Balaban J connectivity index is 1.37. The van der Waals surface area contributed by atoms with Gasteiger partial charge < -0.3 is 9.73 Å². The Morgan fingerprint density at radius 1 is 0.968 bits per heavy atom. The van der Waals surface area contributed by atoms with E-state index in [4.69, 9.17) is 16.0 Å². The second kappa shape index (κ2) is 8.54. The van der Waals surface area contributed by atoms with Gasteiger partial charge in [0.2, 0.25) is 10.0 Å². The lowest BCUT2D eigenvalue weighted by Crippen LogP contribution is -2.26. The highest BCUT2D eigenvalue weighted by Gasteiger charge is 2.16. The fraction of sp³-hybridized carbons (Fsp3) is 0.143. The average Bonchev–Trinajstić information content (AvgIpc) is 3.12. The van der Waals surface area contributed by atoms with Gasteiger partial charge in [-0.25, -0.2) is 13.1 Å². The molecule has 4 rings (SSSR count). The summed E-state index contributed by atoms with van der Waals surface area (Å²) in [5.74, 6) is 0. The number of benzene rings is 3. The van der Waals surface area contributed by atoms with E-state index in [1.807, 2.05) is 24.3 Å². The van der Waals surface area contributed by atoms with Crippen LogP contribution in [0, 0.1) is 10.1 Å². The van der Waals surface area contributed by atoms with Crippen LogP contribution in [0.2, 0.25) is 5.02 Å². The molecule has 0 radical (unpaired) electrons. The topological polar surface area (TPSA) is 114 Å². The van der Waals surface area contributed by atoms with E-state index in [2.05, 4.69) is 10.0 Å². The van der Waals surface area contributed by atoms with Gasteiger partial charge in [-0.15, -0.1) is 0 Å². The lowest BCUT2D eigenvalue weighted by molar-refractivity contribution is -0.384. The first-order valence-electron chi connectivity index (χ1n) is 9.44. The summed E-state index contributed by atoms with van der Waals surface area (Å²) in [5.41, 5.74) is 1.79. The molecular formula is C21H18ClN3O5S. The SMILES string of the molecule is O=[N+]([O-])c1ccc(NCCCNS(=O)(=O)c2ccc3oc4ccccc4c3c2)c(Cl)c1. The van der Waals surface area contributed by atoms with Crippen LogP contribution < -0.4 is 10.0 Å². The van der Waals surface area contributed by atoms with Gasteiger partial charge in [0.05, 0.1) is 20.5 Å². The molecule has 0 amide bonds. The van der Waals surface area contributed by atoms with Crippen molar-refractivity contribution in [1.29, 1.82) is 0 Å². The Bertz CT molecular complexity index is 1380. The van der Waals surface area contributed by atoms with Crippen molar-refractivity contribution in [3.8, 4) is 0 Å². The van der Waals surface area contributed by atoms with Gasteiger partial charge in [0, 0.05) is 36.0 Å². The van der Waals surface area contributed by atoms with Gasteiger partial charge in [-0.1, -0.05) is 29.8 Å². The van der Waals surface area contributed by atoms with Crippen molar-refractivity contribution in [3.63, 3.8) is 0 Å². The molecule has 0 bridgehead atoms. The number of non-ortho nitro benzene ring substituents is 1. The standard InChI is InChI=1S/C21H18ClN3O5S/c22-18-12-14(25(26)27)6-8-19(18)23-10-3-11-24-31(28,29)15-7-9-21-17(13-15)16-4-1-2-5-20(16)30-21/h1-2,4-9,12-13,23-24H,3,10-11H2. The van der Waals surface area contributed by atoms with Crippen molar-refractivity contribution in [2.24, 2.45) is 0 Å². The molecular weight excluding hydrogens is 442 g/mol. The minimum Gasteiger partial charge on any atom is -0.456 e. The fourth-order valence-corrected chi connectivity index (χ4v) is 4.58. The first-order valence-corrected chi connectivity index (χ1v) is 11.3. The van der Waals surface area contributed by atoms with E-state index in [-0.39, 0.29) is 22.2 Å². The van der Waals surface area contributed by atoms with E-state index in [9.17, 15) is 18.5 Å². The molecule has 1 heterocycles. The number of fused-ring (bicyclic) bond motifs is 3. The molecule has 0 aliphatic heterocycles. The quantitative estimate of drug-likeness (QED) is 0.219. The van der Waals surface area contributed by atoms with E-state index >= 15 is 0 Å². The number of para-hydroxylation sites is 1.